The van der Waals surface area contributed by atoms with Gasteiger partial charge in [0.1, 0.15) is 23.1 Å². The molecule has 0 atom stereocenters. The minimum Gasteiger partial charge on any atom is -0.457 e. The molecule has 2 aromatic heterocycles. The normalized spacial score (nSPS) is 10.7. The third kappa shape index (κ3) is 7.85. The molecule has 9 heteroatoms. The number of H-pyrrole nitrogens is 1. The Balaban J connectivity index is 1.33. The third-order valence-corrected chi connectivity index (χ3v) is 5.99. The number of aryl methyl sites for hydroxylation is 1. The predicted octanol–water partition coefficient (Wildman–Crippen LogP) is 4.67. The van der Waals surface area contributed by atoms with Gasteiger partial charge in [-0.3, -0.25) is 19.4 Å². The lowest BCUT2D eigenvalue weighted by Crippen LogP contribution is -2.25. The first-order chi connectivity index (χ1) is 18.8. The molecule has 0 unspecified atom stereocenters. The smallest absolute Gasteiger partial charge is 0.252 e. The molecule has 0 bridgehead atoms. The topological polar surface area (TPSA) is 127 Å². The molecule has 200 valence electrons. The molecule has 4 N–H and O–H groups in total. The monoisotopic (exact) mass is 528 g/mol. The standard InChI is InChI=1S/C30H29FN4O4/c1-19-4-9-26(31)21(13-19)15-23(36)14-20-5-7-24(8-6-20)39-25-10-12-33-28(17-25)27-16-22(18-35-27)30(38)34-11-2-3-29(32)37/h4-10,12-13,16-18,35H,2-3,11,14-15H2,1H3,(H2,32,37)(H,34,38). The van der Waals surface area contributed by atoms with E-state index >= 15 is 0 Å². The summed E-state index contributed by atoms with van der Waals surface area (Å²) in [5.41, 5.74) is 8.90. The fourth-order valence-electron chi connectivity index (χ4n) is 4.01. The summed E-state index contributed by atoms with van der Waals surface area (Å²) >= 11 is 0. The second-order valence-electron chi connectivity index (χ2n) is 9.24. The molecular weight excluding hydrogens is 499 g/mol. The molecule has 2 heterocycles. The second kappa shape index (κ2) is 12.6. The fraction of sp³-hybridized carbons (Fsp3) is 0.200. The van der Waals surface area contributed by atoms with E-state index in [4.69, 9.17) is 10.5 Å². The van der Waals surface area contributed by atoms with Crippen molar-refractivity contribution < 1.29 is 23.5 Å². The molecule has 0 aliphatic carbocycles. The Morgan fingerprint density at radius 1 is 1.00 bits per heavy atom. The number of nitrogens with zero attached hydrogens (tertiary/aromatic N) is 1. The van der Waals surface area contributed by atoms with Crippen LogP contribution in [0.3, 0.4) is 0 Å². The van der Waals surface area contributed by atoms with Crippen molar-refractivity contribution >= 4 is 17.6 Å². The number of nitrogens with two attached hydrogens (primary N) is 1. The number of carbonyl (C=O) groups is 3. The van der Waals surface area contributed by atoms with E-state index in [2.05, 4.69) is 15.3 Å². The Labute approximate surface area is 225 Å². The molecule has 4 rings (SSSR count). The van der Waals surface area contributed by atoms with Gasteiger partial charge in [-0.25, -0.2) is 4.39 Å². The summed E-state index contributed by atoms with van der Waals surface area (Å²) in [5, 5.41) is 2.75. The van der Waals surface area contributed by atoms with E-state index in [0.717, 1.165) is 11.1 Å². The highest BCUT2D eigenvalue weighted by molar-refractivity contribution is 5.95. The molecule has 0 fully saturated rings. The van der Waals surface area contributed by atoms with E-state index in [0.29, 0.717) is 47.0 Å². The average molecular weight is 529 g/mol. The molecule has 0 radical (unpaired) electrons. The van der Waals surface area contributed by atoms with Crippen LogP contribution in [-0.2, 0) is 22.4 Å². The largest absolute Gasteiger partial charge is 0.457 e. The number of nitrogens with one attached hydrogen (secondary N) is 2. The number of Topliss-reactive ketones (excluding diaryl/α,β-unsaturated/α-hetero) is 1. The van der Waals surface area contributed by atoms with Gasteiger partial charge in [-0.2, -0.15) is 0 Å². The molecule has 2 amide bonds. The number of aromatic amines is 1. The number of ketones is 1. The summed E-state index contributed by atoms with van der Waals surface area (Å²) < 4.78 is 19.9. The predicted molar refractivity (Wildman–Crippen MR) is 145 cm³/mol. The van der Waals surface area contributed by atoms with Crippen molar-refractivity contribution in [1.82, 2.24) is 15.3 Å². The number of pyridine rings is 1. The van der Waals surface area contributed by atoms with Gasteiger partial charge in [0.25, 0.3) is 5.91 Å². The number of halogens is 1. The van der Waals surface area contributed by atoms with Crippen LogP contribution in [0.15, 0.2) is 73.1 Å². The van der Waals surface area contributed by atoms with Crippen molar-refractivity contribution in [1.29, 1.82) is 0 Å². The fourth-order valence-corrected chi connectivity index (χ4v) is 4.01. The zero-order chi connectivity index (χ0) is 27.8. The SMILES string of the molecule is Cc1ccc(F)c(CC(=O)Cc2ccc(Oc3ccnc(-c4cc(C(=O)NCCCC(N)=O)c[nH]4)c3)cc2)c1. The summed E-state index contributed by atoms with van der Waals surface area (Å²) in [6, 6.07) is 17.1. The van der Waals surface area contributed by atoms with Crippen LogP contribution < -0.4 is 15.8 Å². The lowest BCUT2D eigenvalue weighted by molar-refractivity contribution is -0.118. The van der Waals surface area contributed by atoms with Crippen LogP contribution in [0.1, 0.15) is 39.9 Å². The van der Waals surface area contributed by atoms with Crippen molar-refractivity contribution in [3.63, 3.8) is 0 Å². The first kappa shape index (κ1) is 27.3. The van der Waals surface area contributed by atoms with Crippen LogP contribution in [0, 0.1) is 12.7 Å². The first-order valence-electron chi connectivity index (χ1n) is 12.5. The van der Waals surface area contributed by atoms with Gasteiger partial charge in [0.15, 0.2) is 0 Å². The van der Waals surface area contributed by atoms with E-state index in [9.17, 15) is 18.8 Å². The number of hydrogen-bond donors (Lipinski definition) is 3. The molecule has 0 saturated heterocycles. The second-order valence-corrected chi connectivity index (χ2v) is 9.24. The van der Waals surface area contributed by atoms with E-state index in [1.165, 1.54) is 6.07 Å². The van der Waals surface area contributed by atoms with Crippen molar-refractivity contribution in [2.45, 2.75) is 32.6 Å². The number of aromatic nitrogens is 2. The summed E-state index contributed by atoms with van der Waals surface area (Å²) in [4.78, 5) is 43.0. The number of benzene rings is 2. The van der Waals surface area contributed by atoms with Gasteiger partial charge in [0.05, 0.1) is 17.0 Å². The highest BCUT2D eigenvalue weighted by Gasteiger charge is 2.12. The Hall–Kier alpha value is -4.79. The third-order valence-electron chi connectivity index (χ3n) is 5.99. The van der Waals surface area contributed by atoms with Gasteiger partial charge in [-0.1, -0.05) is 29.8 Å². The molecule has 2 aromatic carbocycles. The van der Waals surface area contributed by atoms with E-state index in [-0.39, 0.29) is 36.8 Å². The molecule has 0 aliphatic rings. The average Bonchev–Trinajstić information content (AvgIpc) is 3.41. The summed E-state index contributed by atoms with van der Waals surface area (Å²) in [6.45, 7) is 2.21. The Morgan fingerprint density at radius 3 is 2.56 bits per heavy atom. The van der Waals surface area contributed by atoms with Gasteiger partial charge in [0, 0.05) is 44.3 Å². The maximum Gasteiger partial charge on any atom is 0.252 e. The van der Waals surface area contributed by atoms with Gasteiger partial charge in [-0.15, -0.1) is 0 Å². The summed E-state index contributed by atoms with van der Waals surface area (Å²) in [7, 11) is 0. The van der Waals surface area contributed by atoms with E-state index < -0.39 is 5.91 Å². The molecular formula is C30H29FN4O4. The highest BCUT2D eigenvalue weighted by Crippen LogP contribution is 2.26. The lowest BCUT2D eigenvalue weighted by atomic mass is 10.0. The lowest BCUT2D eigenvalue weighted by Gasteiger charge is -2.08. The zero-order valence-electron chi connectivity index (χ0n) is 21.5. The molecule has 8 nitrogen and oxygen atoms in total. The molecule has 4 aromatic rings. The Morgan fingerprint density at radius 2 is 1.79 bits per heavy atom. The maximum atomic E-state index is 14.0. The Kier molecular flexibility index (Phi) is 8.83. The number of amides is 2. The van der Waals surface area contributed by atoms with Crippen LogP contribution >= 0.6 is 0 Å². The summed E-state index contributed by atoms with van der Waals surface area (Å²) in [6.07, 6.45) is 4.12. The van der Waals surface area contributed by atoms with Crippen molar-refractivity contribution in [2.75, 3.05) is 6.54 Å². The van der Waals surface area contributed by atoms with Crippen LogP contribution in [0.25, 0.3) is 11.4 Å². The van der Waals surface area contributed by atoms with Gasteiger partial charge in [0.2, 0.25) is 5.91 Å². The number of ether oxygens (including phenoxy) is 1. The molecule has 0 saturated carbocycles. The number of carbonyl (C=O) groups excluding carboxylic acids is 3. The number of rotatable bonds is 12. The maximum absolute atomic E-state index is 14.0. The van der Waals surface area contributed by atoms with Crippen molar-refractivity contribution in [3.05, 3.63) is 101 Å². The molecule has 39 heavy (non-hydrogen) atoms. The minimum absolute atomic E-state index is 0.0446. The van der Waals surface area contributed by atoms with Crippen LogP contribution in [-0.4, -0.2) is 34.1 Å². The summed E-state index contributed by atoms with van der Waals surface area (Å²) in [5.74, 6) is 0.0133. The Bertz CT molecular complexity index is 1480. The van der Waals surface area contributed by atoms with Gasteiger partial charge < -0.3 is 20.8 Å². The van der Waals surface area contributed by atoms with Crippen LogP contribution in [0.5, 0.6) is 11.5 Å². The number of primary amides is 1. The van der Waals surface area contributed by atoms with Crippen LogP contribution in [0.4, 0.5) is 4.39 Å². The van der Waals surface area contributed by atoms with Crippen molar-refractivity contribution in [2.24, 2.45) is 5.73 Å². The molecule has 0 spiro atoms. The highest BCUT2D eigenvalue weighted by atomic mass is 19.1. The van der Waals surface area contributed by atoms with E-state index in [1.54, 1.807) is 67.0 Å². The minimum atomic E-state index is -0.404. The number of hydrogen-bond acceptors (Lipinski definition) is 5. The first-order valence-corrected chi connectivity index (χ1v) is 12.5. The van der Waals surface area contributed by atoms with Crippen molar-refractivity contribution in [3.8, 4) is 22.9 Å². The zero-order valence-corrected chi connectivity index (χ0v) is 21.5. The van der Waals surface area contributed by atoms with E-state index in [1.807, 2.05) is 6.92 Å². The van der Waals surface area contributed by atoms with Gasteiger partial charge >= 0.3 is 0 Å². The van der Waals surface area contributed by atoms with Crippen LogP contribution in [0.2, 0.25) is 0 Å². The quantitative estimate of drug-likeness (QED) is 0.230. The van der Waals surface area contributed by atoms with Gasteiger partial charge in [-0.05, 0) is 54.8 Å². The molecule has 0 aliphatic heterocycles.